The summed E-state index contributed by atoms with van der Waals surface area (Å²) in [5.41, 5.74) is 2.12. The maximum Gasteiger partial charge on any atom is 0.220 e. The van der Waals surface area contributed by atoms with Gasteiger partial charge in [0.15, 0.2) is 0 Å². The summed E-state index contributed by atoms with van der Waals surface area (Å²) in [6, 6.07) is 8.09. The molecule has 1 aromatic carbocycles. The molecule has 1 atom stereocenters. The number of carbonyl (C=O) groups excluding carboxylic acids is 1. The smallest absolute Gasteiger partial charge is 0.220 e. The van der Waals surface area contributed by atoms with Crippen molar-refractivity contribution in [1.29, 1.82) is 0 Å². The third-order valence-corrected chi connectivity index (χ3v) is 4.67. The minimum absolute atomic E-state index is 0.0270. The van der Waals surface area contributed by atoms with Crippen molar-refractivity contribution in [2.24, 2.45) is 0 Å². The maximum absolute atomic E-state index is 12.1. The van der Waals surface area contributed by atoms with Crippen molar-refractivity contribution in [3.63, 3.8) is 0 Å². The highest BCUT2D eigenvalue weighted by Gasteiger charge is 2.10. The first-order chi connectivity index (χ1) is 11.7. The largest absolute Gasteiger partial charge is 0.350 e. The van der Waals surface area contributed by atoms with Gasteiger partial charge in [-0.25, -0.2) is 9.97 Å². The second-order valence-electron chi connectivity index (χ2n) is 5.63. The van der Waals surface area contributed by atoms with Crippen LogP contribution in [0.25, 0.3) is 5.69 Å². The summed E-state index contributed by atoms with van der Waals surface area (Å²) in [6.45, 7) is 2.01. The van der Waals surface area contributed by atoms with E-state index in [9.17, 15) is 4.79 Å². The van der Waals surface area contributed by atoms with E-state index in [1.807, 2.05) is 41.3 Å². The van der Waals surface area contributed by atoms with Gasteiger partial charge in [-0.3, -0.25) is 4.79 Å². The molecule has 0 saturated heterocycles. The Morgan fingerprint density at radius 2 is 2.29 bits per heavy atom. The minimum atomic E-state index is -0.0270. The fourth-order valence-electron chi connectivity index (χ4n) is 2.54. The van der Waals surface area contributed by atoms with Crippen LogP contribution in [0.1, 0.15) is 36.4 Å². The Morgan fingerprint density at radius 1 is 1.38 bits per heavy atom. The molecule has 6 heteroatoms. The minimum Gasteiger partial charge on any atom is -0.350 e. The van der Waals surface area contributed by atoms with Gasteiger partial charge in [0.05, 0.1) is 17.4 Å². The molecule has 24 heavy (non-hydrogen) atoms. The summed E-state index contributed by atoms with van der Waals surface area (Å²) < 4.78 is 1.95. The van der Waals surface area contributed by atoms with Crippen LogP contribution in [0.5, 0.6) is 0 Å². The zero-order chi connectivity index (χ0) is 16.8. The van der Waals surface area contributed by atoms with E-state index in [0.29, 0.717) is 6.42 Å². The maximum atomic E-state index is 12.1. The number of hydrogen-bond donors (Lipinski definition) is 1. The first kappa shape index (κ1) is 16.4. The summed E-state index contributed by atoms with van der Waals surface area (Å²) in [6.07, 6.45) is 9.42. The van der Waals surface area contributed by atoms with Crippen molar-refractivity contribution in [3.05, 3.63) is 65.1 Å². The van der Waals surface area contributed by atoms with Crippen LogP contribution in [0, 0.1) is 0 Å². The van der Waals surface area contributed by atoms with Crippen molar-refractivity contribution in [1.82, 2.24) is 19.9 Å². The number of aromatic nitrogens is 3. The van der Waals surface area contributed by atoms with Crippen LogP contribution in [0.15, 0.2) is 54.6 Å². The fraction of sp³-hybridized carbons (Fsp3) is 0.278. The van der Waals surface area contributed by atoms with Crippen molar-refractivity contribution < 1.29 is 4.79 Å². The lowest BCUT2D eigenvalue weighted by atomic mass is 10.1. The van der Waals surface area contributed by atoms with E-state index in [4.69, 9.17) is 0 Å². The lowest BCUT2D eigenvalue weighted by molar-refractivity contribution is -0.121. The van der Waals surface area contributed by atoms with Crippen LogP contribution in [-0.2, 0) is 11.2 Å². The molecule has 2 heterocycles. The number of thiazole rings is 1. The molecule has 0 aliphatic carbocycles. The van der Waals surface area contributed by atoms with Crippen LogP contribution in [0.4, 0.5) is 0 Å². The molecule has 1 N–H and O–H groups in total. The van der Waals surface area contributed by atoms with Crippen LogP contribution in [-0.4, -0.2) is 20.4 Å². The molecule has 2 aromatic heterocycles. The first-order valence-corrected chi connectivity index (χ1v) is 8.86. The van der Waals surface area contributed by atoms with Gasteiger partial charge >= 0.3 is 0 Å². The Balaban J connectivity index is 1.53. The lowest BCUT2D eigenvalue weighted by Gasteiger charge is -2.15. The molecule has 0 saturated carbocycles. The number of aryl methyl sites for hydroxylation is 1. The third kappa shape index (κ3) is 4.29. The average Bonchev–Trinajstić information content (AvgIpc) is 3.29. The second-order valence-corrected chi connectivity index (χ2v) is 6.61. The molecule has 3 rings (SSSR count). The Hall–Kier alpha value is -2.47. The molecule has 0 aliphatic heterocycles. The summed E-state index contributed by atoms with van der Waals surface area (Å²) in [4.78, 5) is 20.4. The SMILES string of the molecule is CC(NC(=O)CCCc1nccs1)c1cccc(-n2ccnc2)c1. The van der Waals surface area contributed by atoms with E-state index >= 15 is 0 Å². The van der Waals surface area contributed by atoms with Gasteiger partial charge in [0, 0.05) is 36.1 Å². The number of hydrogen-bond acceptors (Lipinski definition) is 4. The zero-order valence-electron chi connectivity index (χ0n) is 13.6. The number of rotatable bonds is 7. The summed E-state index contributed by atoms with van der Waals surface area (Å²) >= 11 is 1.64. The molecule has 0 aliphatic rings. The van der Waals surface area contributed by atoms with Crippen LogP contribution >= 0.6 is 11.3 Å². The Kier molecular flexibility index (Phi) is 5.38. The van der Waals surface area contributed by atoms with Crippen molar-refractivity contribution in [3.8, 4) is 5.69 Å². The topological polar surface area (TPSA) is 59.8 Å². The van der Waals surface area contributed by atoms with E-state index in [1.165, 1.54) is 0 Å². The first-order valence-electron chi connectivity index (χ1n) is 7.98. The molecule has 0 spiro atoms. The Morgan fingerprint density at radius 3 is 3.04 bits per heavy atom. The molecular formula is C18H20N4OS. The van der Waals surface area contributed by atoms with Gasteiger partial charge < -0.3 is 9.88 Å². The van der Waals surface area contributed by atoms with Gasteiger partial charge in [-0.2, -0.15) is 0 Å². The highest BCUT2D eigenvalue weighted by atomic mass is 32.1. The van der Waals surface area contributed by atoms with Crippen molar-refractivity contribution in [2.45, 2.75) is 32.2 Å². The van der Waals surface area contributed by atoms with E-state index in [-0.39, 0.29) is 11.9 Å². The lowest BCUT2D eigenvalue weighted by Crippen LogP contribution is -2.26. The van der Waals surface area contributed by atoms with Crippen molar-refractivity contribution in [2.75, 3.05) is 0 Å². The molecule has 0 fully saturated rings. The number of imidazole rings is 1. The van der Waals surface area contributed by atoms with E-state index < -0.39 is 0 Å². The van der Waals surface area contributed by atoms with Crippen molar-refractivity contribution >= 4 is 17.2 Å². The summed E-state index contributed by atoms with van der Waals surface area (Å²) in [5, 5.41) is 6.12. The van der Waals surface area contributed by atoms with Crippen LogP contribution in [0.2, 0.25) is 0 Å². The Bertz CT molecular complexity index is 768. The number of amides is 1. The van der Waals surface area contributed by atoms with Gasteiger partial charge in [-0.1, -0.05) is 12.1 Å². The highest BCUT2D eigenvalue weighted by Crippen LogP contribution is 2.17. The monoisotopic (exact) mass is 340 g/mol. The Labute approximate surface area is 145 Å². The van der Waals surface area contributed by atoms with Gasteiger partial charge in [-0.15, -0.1) is 11.3 Å². The third-order valence-electron chi connectivity index (χ3n) is 3.83. The van der Waals surface area contributed by atoms with E-state index in [0.717, 1.165) is 29.1 Å². The molecule has 3 aromatic rings. The quantitative estimate of drug-likeness (QED) is 0.716. The molecule has 0 radical (unpaired) electrons. The normalized spacial score (nSPS) is 12.0. The standard InChI is InChI=1S/C18H20N4OS/c1-14(21-17(23)6-3-7-18-20-9-11-24-18)15-4-2-5-16(12-15)22-10-8-19-13-22/h2,4-5,8-14H,3,6-7H2,1H3,(H,21,23). The predicted molar refractivity (Wildman–Crippen MR) is 95.2 cm³/mol. The summed E-state index contributed by atoms with van der Waals surface area (Å²) in [7, 11) is 0. The second kappa shape index (κ2) is 7.88. The van der Waals surface area contributed by atoms with Gasteiger partial charge in [0.25, 0.3) is 0 Å². The van der Waals surface area contributed by atoms with Crippen LogP contribution < -0.4 is 5.32 Å². The van der Waals surface area contributed by atoms with Gasteiger partial charge in [0.1, 0.15) is 0 Å². The molecule has 1 unspecified atom stereocenters. The van der Waals surface area contributed by atoms with E-state index in [2.05, 4.69) is 21.4 Å². The van der Waals surface area contributed by atoms with Crippen LogP contribution in [0.3, 0.4) is 0 Å². The number of nitrogens with zero attached hydrogens (tertiary/aromatic N) is 3. The molecular weight excluding hydrogens is 320 g/mol. The van der Waals surface area contributed by atoms with Gasteiger partial charge in [-0.05, 0) is 37.5 Å². The summed E-state index contributed by atoms with van der Waals surface area (Å²) in [5.74, 6) is 0.0760. The predicted octanol–water partition coefficient (Wildman–Crippen LogP) is 3.53. The number of benzene rings is 1. The zero-order valence-corrected chi connectivity index (χ0v) is 14.4. The number of nitrogens with one attached hydrogen (secondary N) is 1. The highest BCUT2D eigenvalue weighted by molar-refractivity contribution is 7.09. The fourth-order valence-corrected chi connectivity index (χ4v) is 3.20. The number of carbonyl (C=O) groups is 1. The molecule has 1 amide bonds. The molecule has 124 valence electrons. The molecule has 0 bridgehead atoms. The van der Waals surface area contributed by atoms with E-state index in [1.54, 1.807) is 30.1 Å². The van der Waals surface area contributed by atoms with Gasteiger partial charge in [0.2, 0.25) is 5.91 Å². The molecule has 5 nitrogen and oxygen atoms in total. The average molecular weight is 340 g/mol.